The van der Waals surface area contributed by atoms with E-state index in [9.17, 15) is 9.59 Å². The second-order valence-corrected chi connectivity index (χ2v) is 4.27. The maximum atomic E-state index is 11.7. The summed E-state index contributed by atoms with van der Waals surface area (Å²) in [7, 11) is 0. The molecule has 0 bridgehead atoms. The molecule has 0 radical (unpaired) electrons. The molecule has 2 N–H and O–H groups in total. The number of thiazole rings is 1. The maximum absolute atomic E-state index is 11.7. The van der Waals surface area contributed by atoms with Crippen molar-refractivity contribution in [2.24, 2.45) is 0 Å². The highest BCUT2D eigenvalue weighted by molar-refractivity contribution is 7.11. The van der Waals surface area contributed by atoms with E-state index in [1.165, 1.54) is 11.3 Å². The molecule has 88 valence electrons. The van der Waals surface area contributed by atoms with Gasteiger partial charge in [0, 0.05) is 0 Å². The van der Waals surface area contributed by atoms with Crippen molar-refractivity contribution in [2.45, 2.75) is 32.7 Å². The van der Waals surface area contributed by atoms with Crippen LogP contribution in [0, 0.1) is 6.92 Å². The van der Waals surface area contributed by atoms with E-state index >= 15 is 0 Å². The maximum Gasteiger partial charge on any atom is 0.326 e. The minimum Gasteiger partial charge on any atom is -0.480 e. The number of hydrogen-bond donors (Lipinski definition) is 2. The Hall–Kier alpha value is -1.43. The highest BCUT2D eigenvalue weighted by atomic mass is 32.1. The van der Waals surface area contributed by atoms with Crippen molar-refractivity contribution >= 4 is 23.2 Å². The molecule has 0 spiro atoms. The summed E-state index contributed by atoms with van der Waals surface area (Å²) in [5.74, 6) is -1.36. The highest BCUT2D eigenvalue weighted by Crippen LogP contribution is 2.12. The van der Waals surface area contributed by atoms with Crippen molar-refractivity contribution in [3.05, 3.63) is 16.1 Å². The largest absolute Gasteiger partial charge is 0.480 e. The number of amides is 1. The van der Waals surface area contributed by atoms with Gasteiger partial charge in [-0.25, -0.2) is 9.78 Å². The van der Waals surface area contributed by atoms with Gasteiger partial charge < -0.3 is 10.4 Å². The van der Waals surface area contributed by atoms with Crippen LogP contribution in [-0.2, 0) is 4.79 Å². The van der Waals surface area contributed by atoms with Crippen LogP contribution in [0.4, 0.5) is 0 Å². The molecule has 1 rings (SSSR count). The number of aliphatic carboxylic acids is 1. The molecule has 0 fully saturated rings. The van der Waals surface area contributed by atoms with Crippen molar-refractivity contribution in [2.75, 3.05) is 0 Å². The van der Waals surface area contributed by atoms with E-state index in [1.807, 2.05) is 6.92 Å². The summed E-state index contributed by atoms with van der Waals surface area (Å²) in [6.45, 7) is 3.60. The number of nitrogens with one attached hydrogen (secondary N) is 1. The van der Waals surface area contributed by atoms with Gasteiger partial charge in [0.25, 0.3) is 5.91 Å². The van der Waals surface area contributed by atoms with Gasteiger partial charge in [-0.3, -0.25) is 4.79 Å². The first-order valence-electron chi connectivity index (χ1n) is 5.00. The summed E-state index contributed by atoms with van der Waals surface area (Å²) in [6, 6.07) is -0.820. The van der Waals surface area contributed by atoms with Gasteiger partial charge in [-0.2, -0.15) is 0 Å². The molecule has 1 unspecified atom stereocenters. The average molecular weight is 242 g/mol. The van der Waals surface area contributed by atoms with Crippen LogP contribution in [0.2, 0.25) is 0 Å². The number of carboxylic acid groups (broad SMARTS) is 1. The molecule has 1 amide bonds. The van der Waals surface area contributed by atoms with Crippen LogP contribution in [0.3, 0.4) is 0 Å². The predicted molar refractivity (Wildman–Crippen MR) is 60.6 cm³/mol. The monoisotopic (exact) mass is 242 g/mol. The third-order valence-electron chi connectivity index (χ3n) is 2.13. The molecule has 1 aromatic heterocycles. The first-order valence-corrected chi connectivity index (χ1v) is 5.88. The average Bonchev–Trinajstić information content (AvgIpc) is 2.63. The fourth-order valence-electron chi connectivity index (χ4n) is 1.29. The van der Waals surface area contributed by atoms with Crippen LogP contribution in [0.5, 0.6) is 0 Å². The molecular formula is C10H14N2O3S. The Labute approximate surface area is 97.5 Å². The quantitative estimate of drug-likeness (QED) is 0.818. The molecule has 1 heterocycles. The predicted octanol–water partition coefficient (Wildman–Crippen LogP) is 1.43. The highest BCUT2D eigenvalue weighted by Gasteiger charge is 2.21. The molecular weight excluding hydrogens is 228 g/mol. The van der Waals surface area contributed by atoms with E-state index in [-0.39, 0.29) is 5.91 Å². The van der Waals surface area contributed by atoms with E-state index in [1.54, 1.807) is 12.4 Å². The standard InChI is InChI=1S/C10H14N2O3S/c1-3-4-7(10(14)15)12-9(13)8-6(2)11-5-16-8/h5,7H,3-4H2,1-2H3,(H,12,13)(H,14,15). The summed E-state index contributed by atoms with van der Waals surface area (Å²) in [5.41, 5.74) is 2.20. The van der Waals surface area contributed by atoms with Gasteiger partial charge in [0.2, 0.25) is 0 Å². The molecule has 1 aromatic rings. The Kier molecular flexibility index (Phi) is 4.42. The fraction of sp³-hybridized carbons (Fsp3) is 0.500. The van der Waals surface area contributed by atoms with E-state index in [2.05, 4.69) is 10.3 Å². The minimum absolute atomic E-state index is 0.360. The Morgan fingerprint density at radius 1 is 1.62 bits per heavy atom. The lowest BCUT2D eigenvalue weighted by Gasteiger charge is -2.12. The van der Waals surface area contributed by atoms with Gasteiger partial charge in [-0.05, 0) is 13.3 Å². The number of carbonyl (C=O) groups is 2. The van der Waals surface area contributed by atoms with Gasteiger partial charge in [-0.1, -0.05) is 13.3 Å². The summed E-state index contributed by atoms with van der Waals surface area (Å²) < 4.78 is 0. The van der Waals surface area contributed by atoms with Crippen LogP contribution >= 0.6 is 11.3 Å². The number of carbonyl (C=O) groups excluding carboxylic acids is 1. The zero-order valence-corrected chi connectivity index (χ0v) is 10.0. The number of aromatic nitrogens is 1. The van der Waals surface area contributed by atoms with E-state index in [4.69, 9.17) is 5.11 Å². The van der Waals surface area contributed by atoms with Crippen LogP contribution in [-0.4, -0.2) is 28.0 Å². The Balaban J connectivity index is 2.69. The lowest BCUT2D eigenvalue weighted by Crippen LogP contribution is -2.40. The van der Waals surface area contributed by atoms with Crippen LogP contribution < -0.4 is 5.32 Å². The number of hydrogen-bond acceptors (Lipinski definition) is 4. The minimum atomic E-state index is -1.00. The molecule has 0 aromatic carbocycles. The lowest BCUT2D eigenvalue weighted by atomic mass is 10.1. The van der Waals surface area contributed by atoms with E-state index in [0.29, 0.717) is 23.4 Å². The fourth-order valence-corrected chi connectivity index (χ4v) is 2.00. The van der Waals surface area contributed by atoms with Gasteiger partial charge in [0.15, 0.2) is 0 Å². The lowest BCUT2D eigenvalue weighted by molar-refractivity contribution is -0.139. The zero-order chi connectivity index (χ0) is 12.1. The van der Waals surface area contributed by atoms with Crippen LogP contribution in [0.1, 0.15) is 35.1 Å². The Morgan fingerprint density at radius 3 is 2.75 bits per heavy atom. The third kappa shape index (κ3) is 3.03. The summed E-state index contributed by atoms with van der Waals surface area (Å²) in [6.07, 6.45) is 1.14. The van der Waals surface area contributed by atoms with E-state index in [0.717, 1.165) is 0 Å². The van der Waals surface area contributed by atoms with Gasteiger partial charge in [-0.15, -0.1) is 11.3 Å². The van der Waals surface area contributed by atoms with Gasteiger partial charge in [0.05, 0.1) is 11.2 Å². The molecule has 1 atom stereocenters. The Bertz CT molecular complexity index is 389. The van der Waals surface area contributed by atoms with E-state index < -0.39 is 12.0 Å². The summed E-state index contributed by atoms with van der Waals surface area (Å²) in [5, 5.41) is 11.4. The van der Waals surface area contributed by atoms with Crippen molar-refractivity contribution < 1.29 is 14.7 Å². The molecule has 0 aliphatic heterocycles. The number of nitrogens with zero attached hydrogens (tertiary/aromatic N) is 1. The number of carboxylic acids is 1. The molecule has 0 aliphatic carbocycles. The summed E-state index contributed by atoms with van der Waals surface area (Å²) >= 11 is 1.21. The normalized spacial score (nSPS) is 12.1. The van der Waals surface area contributed by atoms with Crippen molar-refractivity contribution in [1.82, 2.24) is 10.3 Å². The second-order valence-electron chi connectivity index (χ2n) is 3.42. The van der Waals surface area contributed by atoms with Crippen LogP contribution in [0.25, 0.3) is 0 Å². The summed E-state index contributed by atoms with van der Waals surface area (Å²) in [4.78, 5) is 27.0. The first kappa shape index (κ1) is 12.6. The van der Waals surface area contributed by atoms with Gasteiger partial charge in [0.1, 0.15) is 10.9 Å². The first-order chi connectivity index (χ1) is 7.56. The topological polar surface area (TPSA) is 79.3 Å². The molecule has 16 heavy (non-hydrogen) atoms. The van der Waals surface area contributed by atoms with Crippen molar-refractivity contribution in [3.63, 3.8) is 0 Å². The molecule has 6 heteroatoms. The van der Waals surface area contributed by atoms with Crippen molar-refractivity contribution in [3.8, 4) is 0 Å². The number of aryl methyl sites for hydroxylation is 1. The Morgan fingerprint density at radius 2 is 2.31 bits per heavy atom. The molecule has 5 nitrogen and oxygen atoms in total. The number of rotatable bonds is 5. The van der Waals surface area contributed by atoms with Gasteiger partial charge >= 0.3 is 5.97 Å². The molecule has 0 aliphatic rings. The molecule has 0 saturated carbocycles. The zero-order valence-electron chi connectivity index (χ0n) is 9.19. The van der Waals surface area contributed by atoms with Crippen molar-refractivity contribution in [1.29, 1.82) is 0 Å². The van der Waals surface area contributed by atoms with Crippen LogP contribution in [0.15, 0.2) is 5.51 Å². The second kappa shape index (κ2) is 5.60. The smallest absolute Gasteiger partial charge is 0.326 e. The third-order valence-corrected chi connectivity index (χ3v) is 3.06. The SMILES string of the molecule is CCCC(NC(=O)c1scnc1C)C(=O)O. The molecule has 0 saturated heterocycles.